The van der Waals surface area contributed by atoms with E-state index in [2.05, 4.69) is 20.7 Å². The van der Waals surface area contributed by atoms with Gasteiger partial charge in [0.1, 0.15) is 12.4 Å². The third-order valence-electron chi connectivity index (χ3n) is 2.96. The maximum Gasteiger partial charge on any atom is 0.229 e. The molecule has 2 aromatic rings. The van der Waals surface area contributed by atoms with Crippen LogP contribution in [0.4, 0.5) is 5.69 Å². The van der Waals surface area contributed by atoms with E-state index in [0.29, 0.717) is 17.0 Å². The molecule has 2 aromatic carbocycles. The smallest absolute Gasteiger partial charge is 0.229 e. The number of carbonyl (C=O) groups excluding carboxylic acids is 1. The van der Waals surface area contributed by atoms with Crippen LogP contribution in [0.5, 0.6) is 5.75 Å². The van der Waals surface area contributed by atoms with Gasteiger partial charge in [0, 0.05) is 5.56 Å². The van der Waals surface area contributed by atoms with Gasteiger partial charge in [0.15, 0.2) is 5.78 Å². The lowest BCUT2D eigenvalue weighted by Crippen LogP contribution is -2.12. The summed E-state index contributed by atoms with van der Waals surface area (Å²) in [4.78, 5) is 11.8. The standard InChI is InChI=1S/C16H16BrNO4S/c1-23(20,21)18-14-8-7-13(15(19)10-17)9-16(14)22-11-12-5-3-2-4-6-12/h2-9,18H,10-11H2,1H3. The highest BCUT2D eigenvalue weighted by Crippen LogP contribution is 2.28. The number of hydrogen-bond acceptors (Lipinski definition) is 4. The van der Waals surface area contributed by atoms with Crippen molar-refractivity contribution in [2.45, 2.75) is 6.61 Å². The number of hydrogen-bond donors (Lipinski definition) is 1. The fraction of sp³-hybridized carbons (Fsp3) is 0.188. The summed E-state index contributed by atoms with van der Waals surface area (Å²) in [5, 5.41) is 0.185. The molecule has 7 heteroatoms. The summed E-state index contributed by atoms with van der Waals surface area (Å²) in [5.41, 5.74) is 1.69. The Kier molecular flexibility index (Phi) is 5.79. The third-order valence-corrected chi connectivity index (χ3v) is 4.06. The van der Waals surface area contributed by atoms with Crippen LogP contribution in [-0.4, -0.2) is 25.8 Å². The number of benzene rings is 2. The van der Waals surface area contributed by atoms with Crippen LogP contribution >= 0.6 is 15.9 Å². The van der Waals surface area contributed by atoms with Gasteiger partial charge in [0.05, 0.1) is 17.3 Å². The van der Waals surface area contributed by atoms with E-state index in [1.54, 1.807) is 12.1 Å². The van der Waals surface area contributed by atoms with Gasteiger partial charge in [-0.3, -0.25) is 9.52 Å². The van der Waals surface area contributed by atoms with Crippen LogP contribution in [0.2, 0.25) is 0 Å². The van der Waals surface area contributed by atoms with E-state index >= 15 is 0 Å². The molecule has 5 nitrogen and oxygen atoms in total. The van der Waals surface area contributed by atoms with Gasteiger partial charge >= 0.3 is 0 Å². The first-order chi connectivity index (χ1) is 10.9. The van der Waals surface area contributed by atoms with Gasteiger partial charge in [-0.05, 0) is 23.8 Å². The summed E-state index contributed by atoms with van der Waals surface area (Å²) >= 11 is 3.12. The minimum Gasteiger partial charge on any atom is -0.487 e. The number of ketones is 1. The summed E-state index contributed by atoms with van der Waals surface area (Å²) in [6.07, 6.45) is 1.06. The van der Waals surface area contributed by atoms with Crippen molar-refractivity contribution in [2.75, 3.05) is 16.3 Å². The molecule has 2 rings (SSSR count). The monoisotopic (exact) mass is 397 g/mol. The van der Waals surface area contributed by atoms with Gasteiger partial charge < -0.3 is 4.74 Å². The second kappa shape index (κ2) is 7.61. The largest absolute Gasteiger partial charge is 0.487 e. The first-order valence-electron chi connectivity index (χ1n) is 6.77. The fourth-order valence-electron chi connectivity index (χ4n) is 1.91. The number of nitrogens with one attached hydrogen (secondary N) is 1. The van der Waals surface area contributed by atoms with E-state index in [1.165, 1.54) is 6.07 Å². The van der Waals surface area contributed by atoms with Crippen molar-refractivity contribution in [1.29, 1.82) is 0 Å². The predicted octanol–water partition coefficient (Wildman–Crippen LogP) is 3.21. The van der Waals surface area contributed by atoms with Crippen molar-refractivity contribution in [3.05, 3.63) is 59.7 Å². The molecule has 0 fully saturated rings. The number of sulfonamides is 1. The van der Waals surface area contributed by atoms with E-state index in [0.717, 1.165) is 11.8 Å². The zero-order valence-electron chi connectivity index (χ0n) is 12.5. The quantitative estimate of drug-likeness (QED) is 0.574. The second-order valence-corrected chi connectivity index (χ2v) is 7.23. The van der Waals surface area contributed by atoms with Crippen LogP contribution in [0, 0.1) is 0 Å². The Bertz CT molecular complexity index is 791. The number of Topliss-reactive ketones (excluding diaryl/α,β-unsaturated/α-hetero) is 1. The molecule has 0 spiro atoms. The van der Waals surface area contributed by atoms with Crippen LogP contribution in [0.25, 0.3) is 0 Å². The van der Waals surface area contributed by atoms with Gasteiger partial charge in [-0.15, -0.1) is 0 Å². The second-order valence-electron chi connectivity index (χ2n) is 4.92. The molecule has 0 aromatic heterocycles. The maximum atomic E-state index is 11.8. The molecular weight excluding hydrogens is 382 g/mol. The van der Waals surface area contributed by atoms with Crippen LogP contribution in [-0.2, 0) is 16.6 Å². The van der Waals surface area contributed by atoms with Gasteiger partial charge in [0.2, 0.25) is 10.0 Å². The molecular formula is C16H16BrNO4S. The van der Waals surface area contributed by atoms with Gasteiger partial charge in [-0.2, -0.15) is 0 Å². The number of carbonyl (C=O) groups is 1. The highest BCUT2D eigenvalue weighted by atomic mass is 79.9. The van der Waals surface area contributed by atoms with Crippen molar-refractivity contribution in [3.8, 4) is 5.75 Å². The summed E-state index contributed by atoms with van der Waals surface area (Å²) in [6.45, 7) is 0.269. The molecule has 0 unspecified atom stereocenters. The Balaban J connectivity index is 2.29. The van der Waals surface area contributed by atoms with E-state index in [4.69, 9.17) is 4.74 Å². The Morgan fingerprint density at radius 2 is 1.87 bits per heavy atom. The minimum absolute atomic E-state index is 0.111. The van der Waals surface area contributed by atoms with E-state index in [1.807, 2.05) is 30.3 Å². The lowest BCUT2D eigenvalue weighted by Gasteiger charge is -2.13. The van der Waals surface area contributed by atoms with Crippen molar-refractivity contribution in [1.82, 2.24) is 0 Å². The molecule has 23 heavy (non-hydrogen) atoms. The van der Waals surface area contributed by atoms with Crippen LogP contribution in [0.3, 0.4) is 0 Å². The molecule has 122 valence electrons. The number of alkyl halides is 1. The first kappa shape index (κ1) is 17.5. The molecule has 0 heterocycles. The normalized spacial score (nSPS) is 11.0. The topological polar surface area (TPSA) is 72.5 Å². The van der Waals surface area contributed by atoms with Crippen molar-refractivity contribution < 1.29 is 17.9 Å². The van der Waals surface area contributed by atoms with Crippen LogP contribution in [0.1, 0.15) is 15.9 Å². The molecule has 0 saturated heterocycles. The van der Waals surface area contributed by atoms with Gasteiger partial charge in [-0.1, -0.05) is 46.3 Å². The summed E-state index contributed by atoms with van der Waals surface area (Å²) in [6, 6.07) is 14.1. The Morgan fingerprint density at radius 3 is 2.48 bits per heavy atom. The number of anilines is 1. The fourth-order valence-corrected chi connectivity index (χ4v) is 2.80. The van der Waals surface area contributed by atoms with E-state index in [9.17, 15) is 13.2 Å². The average Bonchev–Trinajstić information content (AvgIpc) is 2.52. The molecule has 0 atom stereocenters. The van der Waals surface area contributed by atoms with Crippen LogP contribution in [0.15, 0.2) is 48.5 Å². The average molecular weight is 398 g/mol. The maximum absolute atomic E-state index is 11.8. The Morgan fingerprint density at radius 1 is 1.17 bits per heavy atom. The predicted molar refractivity (Wildman–Crippen MR) is 93.8 cm³/mol. The number of ether oxygens (including phenoxy) is 1. The molecule has 0 aliphatic heterocycles. The molecule has 0 aliphatic carbocycles. The molecule has 0 saturated carbocycles. The first-order valence-corrected chi connectivity index (χ1v) is 9.78. The molecule has 0 aliphatic rings. The SMILES string of the molecule is CS(=O)(=O)Nc1ccc(C(=O)CBr)cc1OCc1ccccc1. The third kappa shape index (κ3) is 5.37. The molecule has 1 N–H and O–H groups in total. The van der Waals surface area contributed by atoms with Crippen LogP contribution < -0.4 is 9.46 Å². The van der Waals surface area contributed by atoms with Crippen molar-refractivity contribution >= 4 is 37.4 Å². The number of rotatable bonds is 7. The highest BCUT2D eigenvalue weighted by molar-refractivity contribution is 9.09. The Hall–Kier alpha value is -1.86. The number of halogens is 1. The minimum atomic E-state index is -3.45. The summed E-state index contributed by atoms with van der Waals surface area (Å²) in [7, 11) is -3.45. The summed E-state index contributed by atoms with van der Waals surface area (Å²) < 4.78 is 31.0. The lowest BCUT2D eigenvalue weighted by atomic mass is 10.1. The van der Waals surface area contributed by atoms with Gasteiger partial charge in [-0.25, -0.2) is 8.42 Å². The zero-order chi connectivity index (χ0) is 16.9. The van der Waals surface area contributed by atoms with Crippen molar-refractivity contribution in [3.63, 3.8) is 0 Å². The highest BCUT2D eigenvalue weighted by Gasteiger charge is 2.13. The van der Waals surface area contributed by atoms with E-state index in [-0.39, 0.29) is 17.7 Å². The summed E-state index contributed by atoms with van der Waals surface area (Å²) in [5.74, 6) is 0.201. The molecule has 0 bridgehead atoms. The lowest BCUT2D eigenvalue weighted by molar-refractivity contribution is 0.102. The van der Waals surface area contributed by atoms with Crippen molar-refractivity contribution in [2.24, 2.45) is 0 Å². The molecule has 0 radical (unpaired) electrons. The van der Waals surface area contributed by atoms with E-state index < -0.39 is 10.0 Å². The van der Waals surface area contributed by atoms with Gasteiger partial charge in [0.25, 0.3) is 0 Å². The molecule has 0 amide bonds. The zero-order valence-corrected chi connectivity index (χ0v) is 14.9. The Labute approximate surface area is 143 Å².